The Bertz CT molecular complexity index is 524. The van der Waals surface area contributed by atoms with Gasteiger partial charge in [-0.25, -0.2) is 0 Å². The first-order chi connectivity index (χ1) is 9.67. The number of aryl methyl sites for hydroxylation is 1. The highest BCUT2D eigenvalue weighted by Crippen LogP contribution is 2.23. The fourth-order valence-electron chi connectivity index (χ4n) is 1.86. The largest absolute Gasteiger partial charge is 0.488 e. The highest BCUT2D eigenvalue weighted by Gasteiger charge is 2.02. The van der Waals surface area contributed by atoms with Crippen LogP contribution >= 0.6 is 27.3 Å². The van der Waals surface area contributed by atoms with Gasteiger partial charge in [0.2, 0.25) is 0 Å². The van der Waals surface area contributed by atoms with Crippen molar-refractivity contribution in [1.29, 1.82) is 0 Å². The molecule has 1 unspecified atom stereocenters. The van der Waals surface area contributed by atoms with E-state index in [0.29, 0.717) is 12.6 Å². The second-order valence-corrected chi connectivity index (χ2v) is 7.41. The number of rotatable bonds is 7. The lowest BCUT2D eigenvalue weighted by molar-refractivity contribution is 0.309. The van der Waals surface area contributed by atoms with E-state index in [1.165, 1.54) is 10.4 Å². The van der Waals surface area contributed by atoms with Gasteiger partial charge in [0, 0.05) is 10.9 Å². The molecule has 0 bridgehead atoms. The Kier molecular flexibility index (Phi) is 6.07. The Morgan fingerprint density at radius 2 is 1.95 bits per heavy atom. The Morgan fingerprint density at radius 1 is 1.20 bits per heavy atom. The first kappa shape index (κ1) is 15.5. The van der Waals surface area contributed by atoms with E-state index in [1.54, 1.807) is 11.3 Å². The molecule has 0 amide bonds. The predicted molar refractivity (Wildman–Crippen MR) is 89.6 cm³/mol. The second-order valence-electron chi connectivity index (χ2n) is 4.87. The maximum Gasteiger partial charge on any atom is 0.122 e. The summed E-state index contributed by atoms with van der Waals surface area (Å²) in [4.78, 5) is 1.23. The molecule has 0 saturated carbocycles. The van der Waals surface area contributed by atoms with Gasteiger partial charge in [-0.3, -0.25) is 0 Å². The van der Waals surface area contributed by atoms with Crippen LogP contribution in [0.25, 0.3) is 0 Å². The molecule has 0 saturated heterocycles. The maximum absolute atomic E-state index is 5.78. The van der Waals surface area contributed by atoms with Gasteiger partial charge in [-0.2, -0.15) is 0 Å². The molecule has 2 nitrogen and oxygen atoms in total. The lowest BCUT2D eigenvalue weighted by atomic mass is 10.1. The minimum absolute atomic E-state index is 0.559. The van der Waals surface area contributed by atoms with Gasteiger partial charge in [-0.1, -0.05) is 12.1 Å². The SMILES string of the molecule is CNC(C)CCc1ccc(OCc2ccc(Br)s2)cc1. The second kappa shape index (κ2) is 7.81. The van der Waals surface area contributed by atoms with Gasteiger partial charge in [0.15, 0.2) is 0 Å². The first-order valence-corrected chi connectivity index (χ1v) is 8.41. The molecule has 1 aromatic carbocycles. The molecule has 1 atom stereocenters. The fraction of sp³-hybridized carbons (Fsp3) is 0.375. The van der Waals surface area contributed by atoms with Crippen molar-refractivity contribution < 1.29 is 4.74 Å². The van der Waals surface area contributed by atoms with Gasteiger partial charge in [-0.05, 0) is 72.6 Å². The van der Waals surface area contributed by atoms with Crippen molar-refractivity contribution in [3.8, 4) is 5.75 Å². The molecular formula is C16H20BrNOS. The number of halogens is 1. The van der Waals surface area contributed by atoms with Crippen molar-refractivity contribution in [2.24, 2.45) is 0 Å². The number of ether oxygens (including phenoxy) is 1. The monoisotopic (exact) mass is 353 g/mol. The number of hydrogen-bond donors (Lipinski definition) is 1. The van der Waals surface area contributed by atoms with Gasteiger partial charge in [0.25, 0.3) is 0 Å². The van der Waals surface area contributed by atoms with Gasteiger partial charge >= 0.3 is 0 Å². The summed E-state index contributed by atoms with van der Waals surface area (Å²) < 4.78 is 6.93. The molecule has 2 rings (SSSR count). The van der Waals surface area contributed by atoms with Crippen molar-refractivity contribution in [1.82, 2.24) is 5.32 Å². The zero-order chi connectivity index (χ0) is 14.4. The first-order valence-electron chi connectivity index (χ1n) is 6.80. The highest BCUT2D eigenvalue weighted by molar-refractivity contribution is 9.11. The summed E-state index contributed by atoms with van der Waals surface area (Å²) in [7, 11) is 2.00. The molecular weight excluding hydrogens is 334 g/mol. The van der Waals surface area contributed by atoms with Gasteiger partial charge in [-0.15, -0.1) is 11.3 Å². The molecule has 4 heteroatoms. The van der Waals surface area contributed by atoms with Crippen LogP contribution in [0, 0.1) is 0 Å². The summed E-state index contributed by atoms with van der Waals surface area (Å²) in [5.74, 6) is 0.930. The van der Waals surface area contributed by atoms with E-state index >= 15 is 0 Å². The Balaban J connectivity index is 1.82. The molecule has 1 heterocycles. The van der Waals surface area contributed by atoms with Crippen LogP contribution in [0.4, 0.5) is 0 Å². The van der Waals surface area contributed by atoms with Crippen LogP contribution in [0.2, 0.25) is 0 Å². The van der Waals surface area contributed by atoms with Crippen molar-refractivity contribution in [3.05, 3.63) is 50.6 Å². The van der Waals surface area contributed by atoms with Gasteiger partial charge in [0.05, 0.1) is 3.79 Å². The standard InChI is InChI=1S/C16H20BrNOS/c1-12(18-2)3-4-13-5-7-14(8-6-13)19-11-15-9-10-16(17)20-15/h5-10,12,18H,3-4,11H2,1-2H3. The minimum atomic E-state index is 0.559. The van der Waals surface area contributed by atoms with Gasteiger partial charge < -0.3 is 10.1 Å². The summed E-state index contributed by atoms with van der Waals surface area (Å²) in [6, 6.07) is 13.1. The molecule has 0 spiro atoms. The minimum Gasteiger partial charge on any atom is -0.488 e. The highest BCUT2D eigenvalue weighted by atomic mass is 79.9. The van der Waals surface area contributed by atoms with Crippen molar-refractivity contribution in [3.63, 3.8) is 0 Å². The molecule has 108 valence electrons. The molecule has 1 aromatic heterocycles. The molecule has 0 aliphatic rings. The Hall–Kier alpha value is -0.840. The Labute approximate surface area is 133 Å². The van der Waals surface area contributed by atoms with Crippen molar-refractivity contribution in [2.75, 3.05) is 7.05 Å². The summed E-state index contributed by atoms with van der Waals surface area (Å²) in [5.41, 5.74) is 1.36. The lowest BCUT2D eigenvalue weighted by Crippen LogP contribution is -2.21. The van der Waals surface area contributed by atoms with Crippen LogP contribution in [0.3, 0.4) is 0 Å². The number of benzene rings is 1. The molecule has 0 radical (unpaired) electrons. The van der Waals surface area contributed by atoms with Gasteiger partial charge in [0.1, 0.15) is 12.4 Å². The number of nitrogens with one attached hydrogen (secondary N) is 1. The predicted octanol–water partition coefficient (Wildman–Crippen LogP) is 4.63. The fourth-order valence-corrected chi connectivity index (χ4v) is 3.26. The number of hydrogen-bond acceptors (Lipinski definition) is 3. The summed E-state index contributed by atoms with van der Waals surface area (Å²) >= 11 is 5.17. The molecule has 0 aliphatic heterocycles. The van der Waals surface area contributed by atoms with E-state index < -0.39 is 0 Å². The summed E-state index contributed by atoms with van der Waals surface area (Å²) in [5, 5.41) is 3.26. The molecule has 1 N–H and O–H groups in total. The summed E-state index contributed by atoms with van der Waals surface area (Å²) in [6.07, 6.45) is 2.25. The van der Waals surface area contributed by atoms with Crippen molar-refractivity contribution >= 4 is 27.3 Å². The van der Waals surface area contributed by atoms with Crippen LogP contribution in [0.5, 0.6) is 5.75 Å². The third kappa shape index (κ3) is 4.93. The summed E-state index contributed by atoms with van der Waals surface area (Å²) in [6.45, 7) is 2.84. The quantitative estimate of drug-likeness (QED) is 0.783. The van der Waals surface area contributed by atoms with E-state index in [9.17, 15) is 0 Å². The number of thiophene rings is 1. The third-order valence-electron chi connectivity index (χ3n) is 3.29. The van der Waals surface area contributed by atoms with Crippen LogP contribution in [-0.4, -0.2) is 13.1 Å². The zero-order valence-corrected chi connectivity index (χ0v) is 14.3. The normalized spacial score (nSPS) is 12.3. The smallest absolute Gasteiger partial charge is 0.122 e. The lowest BCUT2D eigenvalue weighted by Gasteiger charge is -2.10. The Morgan fingerprint density at radius 3 is 2.55 bits per heavy atom. The maximum atomic E-state index is 5.78. The van der Waals surface area contributed by atoms with Crippen LogP contribution in [-0.2, 0) is 13.0 Å². The van der Waals surface area contributed by atoms with Crippen LogP contribution < -0.4 is 10.1 Å². The average Bonchev–Trinajstić information content (AvgIpc) is 2.89. The topological polar surface area (TPSA) is 21.3 Å². The molecule has 2 aromatic rings. The van der Waals surface area contributed by atoms with Crippen LogP contribution in [0.1, 0.15) is 23.8 Å². The van der Waals surface area contributed by atoms with E-state index in [-0.39, 0.29) is 0 Å². The molecule has 0 aliphatic carbocycles. The molecule has 20 heavy (non-hydrogen) atoms. The van der Waals surface area contributed by atoms with E-state index in [1.807, 2.05) is 7.05 Å². The van der Waals surface area contributed by atoms with E-state index in [0.717, 1.165) is 22.4 Å². The van der Waals surface area contributed by atoms with Crippen molar-refractivity contribution in [2.45, 2.75) is 32.4 Å². The third-order valence-corrected chi connectivity index (χ3v) is 4.89. The zero-order valence-electron chi connectivity index (χ0n) is 11.9. The van der Waals surface area contributed by atoms with E-state index in [2.05, 4.69) is 64.6 Å². The molecule has 0 fully saturated rings. The average molecular weight is 354 g/mol. The van der Waals surface area contributed by atoms with E-state index in [4.69, 9.17) is 4.74 Å². The van der Waals surface area contributed by atoms with Crippen LogP contribution in [0.15, 0.2) is 40.2 Å².